The minimum atomic E-state index is -0.766. The van der Waals surface area contributed by atoms with Crippen LogP contribution in [0.3, 0.4) is 0 Å². The molecule has 0 amide bonds. The summed E-state index contributed by atoms with van der Waals surface area (Å²) in [4.78, 5) is 20.1. The summed E-state index contributed by atoms with van der Waals surface area (Å²) in [6.45, 7) is 3.45. The van der Waals surface area contributed by atoms with Gasteiger partial charge in [0.1, 0.15) is 23.7 Å². The van der Waals surface area contributed by atoms with E-state index in [1.54, 1.807) is 0 Å². The molecule has 0 aliphatic carbocycles. The number of methoxy groups -OCH3 is 2. The maximum atomic E-state index is 12.1. The highest BCUT2D eigenvalue weighted by molar-refractivity contribution is 5.95. The quantitative estimate of drug-likeness (QED) is 0.609. The summed E-state index contributed by atoms with van der Waals surface area (Å²) in [6.07, 6.45) is 1.41. The minimum Gasteiger partial charge on any atom is -0.507 e. The summed E-state index contributed by atoms with van der Waals surface area (Å²) in [5, 5.41) is 9.94. The first-order valence-electron chi connectivity index (χ1n) is 6.84. The molecule has 1 heterocycles. The molecule has 1 aromatic heterocycles. The third-order valence-corrected chi connectivity index (χ3v) is 2.82. The van der Waals surface area contributed by atoms with Crippen LogP contribution in [0.4, 0.5) is 0 Å². The number of carbonyl (C=O) groups excluding carboxylic acids is 1. The second-order valence-electron chi connectivity index (χ2n) is 4.37. The molecule has 0 spiro atoms. The van der Waals surface area contributed by atoms with Crippen molar-refractivity contribution in [2.24, 2.45) is 0 Å². The van der Waals surface area contributed by atoms with E-state index in [1.165, 1.54) is 44.6 Å². The third-order valence-electron chi connectivity index (χ3n) is 2.82. The Kier molecular flexibility index (Phi) is 5.56. The molecule has 0 saturated carbocycles. The van der Waals surface area contributed by atoms with Gasteiger partial charge in [-0.25, -0.2) is 4.79 Å². The van der Waals surface area contributed by atoms with Crippen molar-refractivity contribution >= 4 is 5.97 Å². The summed E-state index contributed by atoms with van der Waals surface area (Å²) in [6, 6.07) is 5.67. The second-order valence-corrected chi connectivity index (χ2v) is 4.37. The van der Waals surface area contributed by atoms with E-state index in [0.717, 1.165) is 0 Å². The van der Waals surface area contributed by atoms with Gasteiger partial charge in [-0.05, 0) is 12.1 Å². The number of carbonyl (C=O) groups is 1. The number of benzene rings is 1. The van der Waals surface area contributed by atoms with Crippen molar-refractivity contribution in [3.05, 3.63) is 42.5 Å². The lowest BCUT2D eigenvalue weighted by Gasteiger charge is -2.11. The largest absolute Gasteiger partial charge is 0.507 e. The van der Waals surface area contributed by atoms with Crippen molar-refractivity contribution in [1.82, 2.24) is 9.97 Å². The van der Waals surface area contributed by atoms with E-state index < -0.39 is 5.97 Å². The SMILES string of the molecule is C=CCOC(=O)c1c(O)cccc1Oc1nc(OC)cc(OC)n1. The minimum absolute atomic E-state index is 0.00388. The van der Waals surface area contributed by atoms with E-state index >= 15 is 0 Å². The first kappa shape index (κ1) is 17.1. The van der Waals surface area contributed by atoms with Crippen LogP contribution >= 0.6 is 0 Å². The summed E-state index contributed by atoms with van der Waals surface area (Å²) in [5.41, 5.74) is -0.148. The van der Waals surface area contributed by atoms with Gasteiger partial charge in [-0.2, -0.15) is 9.97 Å². The smallest absolute Gasteiger partial charge is 0.346 e. The number of aromatic hydroxyl groups is 1. The number of phenolic OH excluding ortho intramolecular Hbond substituents is 1. The average Bonchev–Trinajstić information content (AvgIpc) is 2.59. The van der Waals surface area contributed by atoms with Crippen LogP contribution in [-0.4, -0.2) is 41.9 Å². The third kappa shape index (κ3) is 3.92. The molecule has 24 heavy (non-hydrogen) atoms. The normalized spacial score (nSPS) is 9.92. The van der Waals surface area contributed by atoms with Gasteiger partial charge in [-0.15, -0.1) is 0 Å². The van der Waals surface area contributed by atoms with Gasteiger partial charge in [0.2, 0.25) is 11.8 Å². The zero-order chi connectivity index (χ0) is 17.5. The molecule has 0 atom stereocenters. The fourth-order valence-corrected chi connectivity index (χ4v) is 1.75. The molecular formula is C16H16N2O6. The Balaban J connectivity index is 2.38. The van der Waals surface area contributed by atoms with Crippen molar-refractivity contribution < 1.29 is 28.8 Å². The number of hydrogen-bond donors (Lipinski definition) is 1. The van der Waals surface area contributed by atoms with Gasteiger partial charge in [-0.3, -0.25) is 0 Å². The first-order valence-corrected chi connectivity index (χ1v) is 6.84. The van der Waals surface area contributed by atoms with E-state index in [0.29, 0.717) is 0 Å². The van der Waals surface area contributed by atoms with E-state index in [9.17, 15) is 9.90 Å². The Morgan fingerprint density at radius 3 is 2.50 bits per heavy atom. The Morgan fingerprint density at radius 2 is 1.92 bits per heavy atom. The van der Waals surface area contributed by atoms with Crippen LogP contribution in [0.2, 0.25) is 0 Å². The number of rotatable bonds is 7. The molecule has 0 fully saturated rings. The van der Waals surface area contributed by atoms with Gasteiger partial charge in [0.25, 0.3) is 0 Å². The molecule has 0 saturated heterocycles. The Morgan fingerprint density at radius 1 is 1.25 bits per heavy atom. The fourth-order valence-electron chi connectivity index (χ4n) is 1.75. The Bertz CT molecular complexity index is 725. The number of hydrogen-bond acceptors (Lipinski definition) is 8. The molecule has 0 aliphatic rings. The topological polar surface area (TPSA) is 100 Å². The van der Waals surface area contributed by atoms with Crippen LogP contribution in [0.15, 0.2) is 36.9 Å². The van der Waals surface area contributed by atoms with E-state index in [2.05, 4.69) is 16.5 Å². The van der Waals surface area contributed by atoms with Crippen LogP contribution in [0, 0.1) is 0 Å². The van der Waals surface area contributed by atoms with Gasteiger partial charge in [0.15, 0.2) is 0 Å². The van der Waals surface area contributed by atoms with Crippen LogP contribution < -0.4 is 14.2 Å². The predicted molar refractivity (Wildman–Crippen MR) is 83.8 cm³/mol. The van der Waals surface area contributed by atoms with Crippen molar-refractivity contribution in [3.8, 4) is 29.3 Å². The molecule has 0 bridgehead atoms. The van der Waals surface area contributed by atoms with Crippen molar-refractivity contribution in [1.29, 1.82) is 0 Å². The van der Waals surface area contributed by atoms with E-state index in [-0.39, 0.29) is 41.4 Å². The van der Waals surface area contributed by atoms with Crippen LogP contribution in [-0.2, 0) is 4.74 Å². The fraction of sp³-hybridized carbons (Fsp3) is 0.188. The molecule has 2 rings (SSSR count). The highest BCUT2D eigenvalue weighted by Gasteiger charge is 2.20. The number of aromatic nitrogens is 2. The second kappa shape index (κ2) is 7.82. The van der Waals surface area contributed by atoms with Crippen molar-refractivity contribution in [3.63, 3.8) is 0 Å². The van der Waals surface area contributed by atoms with E-state index in [1.807, 2.05) is 0 Å². The summed E-state index contributed by atoms with van der Waals surface area (Å²) in [7, 11) is 2.86. The molecule has 0 aliphatic heterocycles. The van der Waals surface area contributed by atoms with Crippen LogP contribution in [0.25, 0.3) is 0 Å². The highest BCUT2D eigenvalue weighted by atomic mass is 16.5. The molecule has 0 unspecified atom stereocenters. The molecule has 2 aromatic rings. The summed E-state index contributed by atoms with van der Waals surface area (Å²) >= 11 is 0. The molecule has 8 heteroatoms. The molecule has 1 N–H and O–H groups in total. The lowest BCUT2D eigenvalue weighted by atomic mass is 10.2. The molecule has 126 valence electrons. The lowest BCUT2D eigenvalue weighted by molar-refractivity contribution is 0.0543. The zero-order valence-electron chi connectivity index (χ0n) is 13.2. The first-order chi connectivity index (χ1) is 11.6. The Labute approximate surface area is 138 Å². The predicted octanol–water partition coefficient (Wildman–Crippen LogP) is 2.33. The standard InChI is InChI=1S/C16H16N2O6/c1-4-8-23-15(20)14-10(19)6-5-7-11(14)24-16-17-12(21-2)9-13(18-16)22-3/h4-7,9,19H,1,8H2,2-3H3. The highest BCUT2D eigenvalue weighted by Crippen LogP contribution is 2.32. The van der Waals surface area contributed by atoms with Crippen LogP contribution in [0.5, 0.6) is 29.3 Å². The summed E-state index contributed by atoms with van der Waals surface area (Å²) in [5.74, 6) is -0.603. The number of nitrogens with zero attached hydrogens (tertiary/aromatic N) is 2. The zero-order valence-corrected chi connectivity index (χ0v) is 13.2. The number of phenols is 1. The maximum Gasteiger partial charge on any atom is 0.346 e. The molecular weight excluding hydrogens is 316 g/mol. The molecule has 1 aromatic carbocycles. The summed E-state index contributed by atoms with van der Waals surface area (Å²) < 4.78 is 20.5. The van der Waals surface area contributed by atoms with Gasteiger partial charge in [0.05, 0.1) is 20.3 Å². The van der Waals surface area contributed by atoms with Gasteiger partial charge in [0, 0.05) is 0 Å². The van der Waals surface area contributed by atoms with Crippen LogP contribution in [0.1, 0.15) is 10.4 Å². The molecule has 0 radical (unpaired) electrons. The average molecular weight is 332 g/mol. The number of ether oxygens (including phenoxy) is 4. The maximum absolute atomic E-state index is 12.1. The lowest BCUT2D eigenvalue weighted by Crippen LogP contribution is -2.08. The van der Waals surface area contributed by atoms with Crippen molar-refractivity contribution in [2.45, 2.75) is 0 Å². The van der Waals surface area contributed by atoms with Gasteiger partial charge >= 0.3 is 12.0 Å². The molecule has 8 nitrogen and oxygen atoms in total. The van der Waals surface area contributed by atoms with Crippen molar-refractivity contribution in [2.75, 3.05) is 20.8 Å². The Hall–Kier alpha value is -3.29. The number of esters is 1. The monoisotopic (exact) mass is 332 g/mol. The van der Waals surface area contributed by atoms with Gasteiger partial charge < -0.3 is 24.1 Å². The van der Waals surface area contributed by atoms with E-state index in [4.69, 9.17) is 18.9 Å². The van der Waals surface area contributed by atoms with Gasteiger partial charge in [-0.1, -0.05) is 18.7 Å².